The van der Waals surface area contributed by atoms with Crippen molar-refractivity contribution in [2.75, 3.05) is 32.7 Å². The van der Waals surface area contributed by atoms with Gasteiger partial charge < -0.3 is 15.1 Å². The predicted molar refractivity (Wildman–Crippen MR) is 121 cm³/mol. The van der Waals surface area contributed by atoms with Crippen LogP contribution in [-0.2, 0) is 16.0 Å². The molecule has 3 rings (SSSR count). The Bertz CT molecular complexity index is 947. The van der Waals surface area contributed by atoms with E-state index in [9.17, 15) is 18.8 Å². The van der Waals surface area contributed by atoms with Crippen LogP contribution >= 0.6 is 11.6 Å². The first-order valence-electron chi connectivity index (χ1n) is 10.8. The van der Waals surface area contributed by atoms with E-state index in [2.05, 4.69) is 17.4 Å². The van der Waals surface area contributed by atoms with Gasteiger partial charge in [0.25, 0.3) is 5.91 Å². The SMILES string of the molecule is O=C(NCCC(=O)N1CCN(C(=O)CCCc2ccccc2)CC1)c1ccc(F)cc1Cl. The second-order valence-corrected chi connectivity index (χ2v) is 8.14. The van der Waals surface area contributed by atoms with E-state index in [4.69, 9.17) is 11.6 Å². The lowest BCUT2D eigenvalue weighted by molar-refractivity contribution is -0.139. The molecule has 0 bridgehead atoms. The molecule has 170 valence electrons. The smallest absolute Gasteiger partial charge is 0.252 e. The molecule has 0 aromatic heterocycles. The first-order valence-corrected chi connectivity index (χ1v) is 11.1. The molecule has 0 aliphatic carbocycles. The summed E-state index contributed by atoms with van der Waals surface area (Å²) in [5.74, 6) is -0.924. The molecule has 1 N–H and O–H groups in total. The normalized spacial score (nSPS) is 13.7. The fourth-order valence-electron chi connectivity index (χ4n) is 3.66. The first kappa shape index (κ1) is 23.7. The Balaban J connectivity index is 1.34. The van der Waals surface area contributed by atoms with Crippen LogP contribution in [0.4, 0.5) is 4.39 Å². The van der Waals surface area contributed by atoms with Gasteiger partial charge in [-0.05, 0) is 36.6 Å². The summed E-state index contributed by atoms with van der Waals surface area (Å²) in [6, 6.07) is 13.6. The lowest BCUT2D eigenvalue weighted by Gasteiger charge is -2.35. The van der Waals surface area contributed by atoms with Crippen LogP contribution in [0.15, 0.2) is 48.5 Å². The summed E-state index contributed by atoms with van der Waals surface area (Å²) in [6.07, 6.45) is 2.33. The lowest BCUT2D eigenvalue weighted by Crippen LogP contribution is -2.51. The van der Waals surface area contributed by atoms with Gasteiger partial charge in [0.2, 0.25) is 11.8 Å². The Morgan fingerprint density at radius 3 is 2.16 bits per heavy atom. The maximum absolute atomic E-state index is 13.1. The molecule has 0 spiro atoms. The second kappa shape index (κ2) is 11.6. The molecule has 6 nitrogen and oxygen atoms in total. The third-order valence-electron chi connectivity index (χ3n) is 5.48. The molecule has 8 heteroatoms. The van der Waals surface area contributed by atoms with Crippen molar-refractivity contribution in [3.05, 3.63) is 70.5 Å². The number of amides is 3. The molecule has 0 atom stereocenters. The van der Waals surface area contributed by atoms with Crippen LogP contribution in [-0.4, -0.2) is 60.2 Å². The number of rotatable bonds is 8. The van der Waals surface area contributed by atoms with Crippen LogP contribution in [0.3, 0.4) is 0 Å². The standard InChI is InChI=1S/C24H27ClFN3O3/c25-21-17-19(26)9-10-20(21)24(32)27-12-11-23(31)29-15-13-28(14-16-29)22(30)8-4-7-18-5-2-1-3-6-18/h1-3,5-6,9-10,17H,4,7-8,11-16H2,(H,27,32). The fourth-order valence-corrected chi connectivity index (χ4v) is 3.91. The van der Waals surface area contributed by atoms with Crippen LogP contribution in [0.5, 0.6) is 0 Å². The summed E-state index contributed by atoms with van der Waals surface area (Å²) in [5.41, 5.74) is 1.39. The maximum atomic E-state index is 13.1. The molecule has 1 fully saturated rings. The lowest BCUT2D eigenvalue weighted by atomic mass is 10.1. The topological polar surface area (TPSA) is 69.7 Å². The van der Waals surface area contributed by atoms with Crippen molar-refractivity contribution in [3.8, 4) is 0 Å². The van der Waals surface area contributed by atoms with Gasteiger partial charge in [-0.25, -0.2) is 4.39 Å². The van der Waals surface area contributed by atoms with E-state index in [1.54, 1.807) is 4.90 Å². The highest BCUT2D eigenvalue weighted by atomic mass is 35.5. The molecule has 0 saturated carbocycles. The van der Waals surface area contributed by atoms with E-state index in [0.29, 0.717) is 32.6 Å². The third kappa shape index (κ3) is 6.79. The van der Waals surface area contributed by atoms with Gasteiger partial charge in [0.05, 0.1) is 10.6 Å². The summed E-state index contributed by atoms with van der Waals surface area (Å²) in [5, 5.41) is 2.66. The van der Waals surface area contributed by atoms with Crippen molar-refractivity contribution in [2.24, 2.45) is 0 Å². The van der Waals surface area contributed by atoms with Gasteiger partial charge in [-0.15, -0.1) is 0 Å². The van der Waals surface area contributed by atoms with Gasteiger partial charge in [-0.1, -0.05) is 41.9 Å². The highest BCUT2D eigenvalue weighted by molar-refractivity contribution is 6.33. The zero-order valence-electron chi connectivity index (χ0n) is 17.9. The second-order valence-electron chi connectivity index (χ2n) is 7.73. The van der Waals surface area contributed by atoms with Crippen LogP contribution in [0.25, 0.3) is 0 Å². The van der Waals surface area contributed by atoms with E-state index < -0.39 is 11.7 Å². The molecular weight excluding hydrogens is 433 g/mol. The number of nitrogens with zero attached hydrogens (tertiary/aromatic N) is 2. The summed E-state index contributed by atoms with van der Waals surface area (Å²) in [4.78, 5) is 40.5. The fraction of sp³-hybridized carbons (Fsp3) is 0.375. The monoisotopic (exact) mass is 459 g/mol. The Hall–Kier alpha value is -2.93. The minimum absolute atomic E-state index is 0.0263. The van der Waals surface area contributed by atoms with Gasteiger partial charge in [0.15, 0.2) is 0 Å². The zero-order valence-corrected chi connectivity index (χ0v) is 18.6. The van der Waals surface area contributed by atoms with E-state index in [1.807, 2.05) is 23.1 Å². The number of piperazine rings is 1. The summed E-state index contributed by atoms with van der Waals surface area (Å²) in [6.45, 7) is 2.17. The first-order chi connectivity index (χ1) is 15.4. The number of benzene rings is 2. The average molecular weight is 460 g/mol. The molecule has 2 aromatic carbocycles. The number of carbonyl (C=O) groups excluding carboxylic acids is 3. The van der Waals surface area contributed by atoms with E-state index in [-0.39, 0.29) is 35.4 Å². The van der Waals surface area contributed by atoms with E-state index in [1.165, 1.54) is 11.6 Å². The maximum Gasteiger partial charge on any atom is 0.252 e. The van der Waals surface area contributed by atoms with Gasteiger partial charge in [-0.3, -0.25) is 14.4 Å². The average Bonchev–Trinajstić information content (AvgIpc) is 2.79. The number of hydrogen-bond acceptors (Lipinski definition) is 3. The minimum Gasteiger partial charge on any atom is -0.351 e. The highest BCUT2D eigenvalue weighted by Crippen LogP contribution is 2.17. The molecule has 0 radical (unpaired) electrons. The van der Waals surface area contributed by atoms with Gasteiger partial charge in [-0.2, -0.15) is 0 Å². The molecule has 2 aromatic rings. The van der Waals surface area contributed by atoms with Crippen LogP contribution < -0.4 is 5.32 Å². The Morgan fingerprint density at radius 1 is 0.906 bits per heavy atom. The third-order valence-corrected chi connectivity index (χ3v) is 5.80. The van der Waals surface area contributed by atoms with E-state index >= 15 is 0 Å². The molecular formula is C24H27ClFN3O3. The molecule has 32 heavy (non-hydrogen) atoms. The van der Waals surface area contributed by atoms with Gasteiger partial charge >= 0.3 is 0 Å². The Labute approximate surface area is 192 Å². The quantitative estimate of drug-likeness (QED) is 0.658. The van der Waals surface area contributed by atoms with Gasteiger partial charge in [0.1, 0.15) is 5.82 Å². The van der Waals surface area contributed by atoms with Crippen LogP contribution in [0, 0.1) is 5.82 Å². The van der Waals surface area contributed by atoms with Crippen LogP contribution in [0.2, 0.25) is 5.02 Å². The Morgan fingerprint density at radius 2 is 1.53 bits per heavy atom. The number of hydrogen-bond donors (Lipinski definition) is 1. The van der Waals surface area contributed by atoms with Crippen molar-refractivity contribution >= 4 is 29.3 Å². The predicted octanol–water partition coefficient (Wildman–Crippen LogP) is 3.29. The Kier molecular flexibility index (Phi) is 8.62. The van der Waals surface area contributed by atoms with Gasteiger partial charge in [0, 0.05) is 45.6 Å². The number of carbonyl (C=O) groups is 3. The van der Waals surface area contributed by atoms with Crippen LogP contribution in [0.1, 0.15) is 35.2 Å². The minimum atomic E-state index is -0.518. The molecule has 1 heterocycles. The molecule has 1 aliphatic rings. The largest absolute Gasteiger partial charge is 0.351 e. The summed E-state index contributed by atoms with van der Waals surface area (Å²) >= 11 is 5.88. The highest BCUT2D eigenvalue weighted by Gasteiger charge is 2.23. The van der Waals surface area contributed by atoms with E-state index in [0.717, 1.165) is 25.0 Å². The number of nitrogens with one attached hydrogen (secondary N) is 1. The molecule has 1 aliphatic heterocycles. The summed E-state index contributed by atoms with van der Waals surface area (Å²) in [7, 11) is 0. The summed E-state index contributed by atoms with van der Waals surface area (Å²) < 4.78 is 13.1. The molecule has 0 unspecified atom stereocenters. The molecule has 1 saturated heterocycles. The zero-order chi connectivity index (χ0) is 22.9. The van der Waals surface area contributed by atoms with Crippen molar-refractivity contribution in [1.29, 1.82) is 0 Å². The van der Waals surface area contributed by atoms with Crippen molar-refractivity contribution in [1.82, 2.24) is 15.1 Å². The number of halogens is 2. The number of aryl methyl sites for hydroxylation is 1. The van der Waals surface area contributed by atoms with Crippen molar-refractivity contribution in [3.63, 3.8) is 0 Å². The van der Waals surface area contributed by atoms with Crippen molar-refractivity contribution < 1.29 is 18.8 Å². The molecule has 3 amide bonds. The van der Waals surface area contributed by atoms with Crippen molar-refractivity contribution in [2.45, 2.75) is 25.7 Å².